The summed E-state index contributed by atoms with van der Waals surface area (Å²) >= 11 is 0. The molecular weight excluding hydrogens is 322 g/mol. The van der Waals surface area contributed by atoms with Crippen LogP contribution in [0.3, 0.4) is 0 Å². The number of rotatable bonds is 6. The molecule has 24 heavy (non-hydrogen) atoms. The van der Waals surface area contributed by atoms with Crippen molar-refractivity contribution >= 4 is 12.4 Å². The van der Waals surface area contributed by atoms with Crippen molar-refractivity contribution in [2.75, 3.05) is 20.7 Å². The summed E-state index contributed by atoms with van der Waals surface area (Å²) < 4.78 is 11.9. The highest BCUT2D eigenvalue weighted by atomic mass is 35.5. The van der Waals surface area contributed by atoms with E-state index in [1.54, 1.807) is 6.26 Å². The number of furan rings is 1. The molecule has 0 saturated carbocycles. The number of hydrogen-bond donors (Lipinski definition) is 1. The third-order valence-electron chi connectivity index (χ3n) is 5.22. The fourth-order valence-corrected chi connectivity index (χ4v) is 4.10. The maximum Gasteiger partial charge on any atom is 0.104 e. The van der Waals surface area contributed by atoms with Crippen LogP contribution >= 0.6 is 12.4 Å². The topological polar surface area (TPSA) is 34.4 Å². The Morgan fingerprint density at radius 2 is 2.17 bits per heavy atom. The van der Waals surface area contributed by atoms with Gasteiger partial charge < -0.3 is 14.5 Å². The van der Waals surface area contributed by atoms with E-state index in [1.807, 2.05) is 20.2 Å². The first-order chi connectivity index (χ1) is 11.2. The summed E-state index contributed by atoms with van der Waals surface area (Å²) in [6, 6.07) is 10.8. The van der Waals surface area contributed by atoms with Gasteiger partial charge in [0.15, 0.2) is 0 Å². The lowest BCUT2D eigenvalue weighted by Gasteiger charge is -2.44. The van der Waals surface area contributed by atoms with Crippen molar-refractivity contribution in [2.45, 2.75) is 38.2 Å². The van der Waals surface area contributed by atoms with Crippen molar-refractivity contribution in [3.8, 4) is 0 Å². The van der Waals surface area contributed by atoms with E-state index < -0.39 is 0 Å². The molecule has 0 radical (unpaired) electrons. The van der Waals surface area contributed by atoms with E-state index in [9.17, 15) is 0 Å². The van der Waals surface area contributed by atoms with Crippen molar-refractivity contribution in [2.24, 2.45) is 5.92 Å². The van der Waals surface area contributed by atoms with Gasteiger partial charge in [-0.25, -0.2) is 0 Å². The number of ether oxygens (including phenoxy) is 1. The average Bonchev–Trinajstić information content (AvgIpc) is 3.07. The second-order valence-corrected chi connectivity index (χ2v) is 6.65. The van der Waals surface area contributed by atoms with Gasteiger partial charge in [-0.2, -0.15) is 0 Å². The molecular formula is C20H28ClNO2. The van der Waals surface area contributed by atoms with Crippen LogP contribution < -0.4 is 5.32 Å². The van der Waals surface area contributed by atoms with Gasteiger partial charge in [-0.1, -0.05) is 23.8 Å². The Bertz CT molecular complexity index is 641. The van der Waals surface area contributed by atoms with Crippen LogP contribution in [-0.4, -0.2) is 20.7 Å². The Hall–Kier alpha value is -1.29. The van der Waals surface area contributed by atoms with Crippen LogP contribution in [0.25, 0.3) is 0 Å². The molecule has 1 aliphatic carbocycles. The molecule has 0 aliphatic heterocycles. The van der Waals surface area contributed by atoms with Crippen molar-refractivity contribution < 1.29 is 9.15 Å². The molecule has 0 fully saturated rings. The predicted molar refractivity (Wildman–Crippen MR) is 99.9 cm³/mol. The molecule has 0 amide bonds. The predicted octanol–water partition coefficient (Wildman–Crippen LogP) is 4.27. The molecule has 2 aromatic rings. The van der Waals surface area contributed by atoms with Crippen LogP contribution in [-0.2, 0) is 23.2 Å². The van der Waals surface area contributed by atoms with Crippen LogP contribution in [0.2, 0.25) is 0 Å². The lowest BCUT2D eigenvalue weighted by atomic mass is 9.69. The Morgan fingerprint density at radius 1 is 1.33 bits per heavy atom. The summed E-state index contributed by atoms with van der Waals surface area (Å²) in [6.45, 7) is 3.07. The minimum atomic E-state index is -0.241. The molecule has 3 nitrogen and oxygen atoms in total. The Morgan fingerprint density at radius 3 is 2.83 bits per heavy atom. The molecule has 132 valence electrons. The van der Waals surface area contributed by atoms with Crippen LogP contribution in [0.5, 0.6) is 0 Å². The number of benzene rings is 1. The fraction of sp³-hybridized carbons (Fsp3) is 0.500. The molecule has 2 atom stereocenters. The number of nitrogens with one attached hydrogen (secondary N) is 1. The summed E-state index contributed by atoms with van der Waals surface area (Å²) in [6.07, 6.45) is 6.02. The smallest absolute Gasteiger partial charge is 0.104 e. The SMILES string of the molecule is CNCC(Cc1ccco1)C1(OC)CCCc2ccc(C)cc21.Cl. The minimum Gasteiger partial charge on any atom is -0.469 e. The molecule has 4 heteroatoms. The van der Waals surface area contributed by atoms with Crippen molar-refractivity contribution in [3.63, 3.8) is 0 Å². The summed E-state index contributed by atoms with van der Waals surface area (Å²) in [5.41, 5.74) is 3.87. The van der Waals surface area contributed by atoms with E-state index in [2.05, 4.69) is 36.5 Å². The second kappa shape index (κ2) is 8.19. The molecule has 1 heterocycles. The number of fused-ring (bicyclic) bond motifs is 1. The van der Waals surface area contributed by atoms with Crippen molar-refractivity contribution in [3.05, 3.63) is 59.0 Å². The number of methoxy groups -OCH3 is 1. The van der Waals surface area contributed by atoms with Crippen molar-refractivity contribution in [1.82, 2.24) is 5.32 Å². The molecule has 2 unspecified atom stereocenters. The maximum absolute atomic E-state index is 6.24. The number of hydrogen-bond acceptors (Lipinski definition) is 3. The Labute approximate surface area is 151 Å². The Balaban J connectivity index is 0.00000208. The highest BCUT2D eigenvalue weighted by molar-refractivity contribution is 5.85. The zero-order valence-electron chi connectivity index (χ0n) is 14.8. The van der Waals surface area contributed by atoms with E-state index in [0.29, 0.717) is 5.92 Å². The second-order valence-electron chi connectivity index (χ2n) is 6.65. The molecule has 0 spiro atoms. The molecule has 1 N–H and O–H groups in total. The normalized spacial score (nSPS) is 21.0. The summed E-state index contributed by atoms with van der Waals surface area (Å²) in [4.78, 5) is 0. The van der Waals surface area contributed by atoms with Gasteiger partial charge in [-0.15, -0.1) is 12.4 Å². The highest BCUT2D eigenvalue weighted by Gasteiger charge is 2.43. The van der Waals surface area contributed by atoms with Gasteiger partial charge in [0.25, 0.3) is 0 Å². The molecule has 1 aromatic heterocycles. The third-order valence-corrected chi connectivity index (χ3v) is 5.22. The van der Waals surface area contributed by atoms with Crippen LogP contribution in [0, 0.1) is 12.8 Å². The highest BCUT2D eigenvalue weighted by Crippen LogP contribution is 2.45. The Kier molecular flexibility index (Phi) is 6.50. The van der Waals surface area contributed by atoms with Gasteiger partial charge in [-0.3, -0.25) is 0 Å². The number of aryl methyl sites for hydroxylation is 2. The van der Waals surface area contributed by atoms with Crippen LogP contribution in [0.15, 0.2) is 41.0 Å². The third kappa shape index (κ3) is 3.53. The van der Waals surface area contributed by atoms with E-state index in [4.69, 9.17) is 9.15 Å². The van der Waals surface area contributed by atoms with Gasteiger partial charge in [0.1, 0.15) is 5.76 Å². The standard InChI is InChI=1S/C20H27NO2.ClH/c1-15-8-9-16-6-4-10-20(22-3,19(16)12-15)17(14-21-2)13-18-7-5-11-23-18;/h5,7-9,11-12,17,21H,4,6,10,13-14H2,1-3H3;1H. The van der Waals surface area contributed by atoms with E-state index in [0.717, 1.165) is 31.6 Å². The summed E-state index contributed by atoms with van der Waals surface area (Å²) in [7, 11) is 3.88. The maximum atomic E-state index is 6.24. The average molecular weight is 350 g/mol. The first-order valence-corrected chi connectivity index (χ1v) is 8.51. The summed E-state index contributed by atoms with van der Waals surface area (Å²) in [5.74, 6) is 1.37. The van der Waals surface area contributed by atoms with Crippen molar-refractivity contribution in [1.29, 1.82) is 0 Å². The summed E-state index contributed by atoms with van der Waals surface area (Å²) in [5, 5.41) is 3.36. The monoisotopic (exact) mass is 349 g/mol. The van der Waals surface area contributed by atoms with E-state index in [-0.39, 0.29) is 18.0 Å². The lowest BCUT2D eigenvalue weighted by molar-refractivity contribution is -0.0778. The molecule has 0 saturated heterocycles. The van der Waals surface area contributed by atoms with Crippen LogP contribution in [0.4, 0.5) is 0 Å². The molecule has 1 aromatic carbocycles. The largest absolute Gasteiger partial charge is 0.469 e. The zero-order valence-corrected chi connectivity index (χ0v) is 15.6. The van der Waals surface area contributed by atoms with E-state index in [1.165, 1.54) is 23.1 Å². The lowest BCUT2D eigenvalue weighted by Crippen LogP contribution is -2.45. The quantitative estimate of drug-likeness (QED) is 0.845. The minimum absolute atomic E-state index is 0. The number of halogens is 1. The van der Waals surface area contributed by atoms with E-state index >= 15 is 0 Å². The van der Waals surface area contributed by atoms with Gasteiger partial charge >= 0.3 is 0 Å². The fourth-order valence-electron chi connectivity index (χ4n) is 4.10. The molecule has 1 aliphatic rings. The van der Waals surface area contributed by atoms with Gasteiger partial charge in [0, 0.05) is 26.0 Å². The van der Waals surface area contributed by atoms with Crippen LogP contribution in [0.1, 0.15) is 35.3 Å². The van der Waals surface area contributed by atoms with Gasteiger partial charge in [-0.05, 0) is 56.5 Å². The zero-order chi connectivity index (χ0) is 16.3. The first kappa shape index (κ1) is 19.0. The molecule has 3 rings (SSSR count). The first-order valence-electron chi connectivity index (χ1n) is 8.51. The van der Waals surface area contributed by atoms with Gasteiger partial charge in [0.05, 0.1) is 11.9 Å². The van der Waals surface area contributed by atoms with Gasteiger partial charge in [0.2, 0.25) is 0 Å². The molecule has 0 bridgehead atoms.